The van der Waals surface area contributed by atoms with E-state index in [1.54, 1.807) is 6.20 Å². The lowest BCUT2D eigenvalue weighted by atomic mass is 10.0. The maximum absolute atomic E-state index is 12.0. The molecule has 3 unspecified atom stereocenters. The molecule has 4 heteroatoms. The second-order valence-corrected chi connectivity index (χ2v) is 5.19. The first-order valence-electron chi connectivity index (χ1n) is 6.03. The van der Waals surface area contributed by atoms with Crippen molar-refractivity contribution in [3.05, 3.63) is 18.0 Å². The molecule has 2 N–H and O–H groups in total. The van der Waals surface area contributed by atoms with Gasteiger partial charge in [-0.25, -0.2) is 0 Å². The van der Waals surface area contributed by atoms with Crippen LogP contribution in [0.1, 0.15) is 37.8 Å². The molecule has 4 nitrogen and oxygen atoms in total. The summed E-state index contributed by atoms with van der Waals surface area (Å²) >= 11 is 0. The van der Waals surface area contributed by atoms with Crippen LogP contribution in [0.3, 0.4) is 0 Å². The molecule has 0 radical (unpaired) electrons. The molecule has 1 amide bonds. The van der Waals surface area contributed by atoms with Crippen molar-refractivity contribution >= 4 is 5.91 Å². The van der Waals surface area contributed by atoms with Gasteiger partial charge >= 0.3 is 0 Å². The molecular formula is C12H17N3O. The molecule has 1 aromatic heterocycles. The summed E-state index contributed by atoms with van der Waals surface area (Å²) in [7, 11) is 0. The summed E-state index contributed by atoms with van der Waals surface area (Å²) in [5.41, 5.74) is 1.04. The molecule has 2 fully saturated rings. The van der Waals surface area contributed by atoms with Crippen LogP contribution in [0, 0.1) is 17.8 Å². The highest BCUT2D eigenvalue weighted by atomic mass is 16.1. The quantitative estimate of drug-likeness (QED) is 0.811. The maximum Gasteiger partial charge on any atom is 0.223 e. The Morgan fingerprint density at radius 2 is 2.25 bits per heavy atom. The topological polar surface area (TPSA) is 57.8 Å². The average molecular weight is 219 g/mol. The number of nitrogens with one attached hydrogen (secondary N) is 2. The third-order valence-corrected chi connectivity index (χ3v) is 3.99. The first kappa shape index (κ1) is 9.87. The number of carbonyl (C=O) groups excluding carboxylic acids is 1. The van der Waals surface area contributed by atoms with E-state index >= 15 is 0 Å². The number of fused-ring (bicyclic) bond motifs is 1. The molecule has 16 heavy (non-hydrogen) atoms. The largest absolute Gasteiger partial charge is 0.349 e. The molecule has 0 bridgehead atoms. The first-order valence-corrected chi connectivity index (χ1v) is 6.03. The number of H-pyrrole nitrogens is 1. The van der Waals surface area contributed by atoms with Crippen molar-refractivity contribution in [1.82, 2.24) is 15.5 Å². The Labute approximate surface area is 94.8 Å². The summed E-state index contributed by atoms with van der Waals surface area (Å²) < 4.78 is 0. The lowest BCUT2D eigenvalue weighted by molar-refractivity contribution is -0.125. The van der Waals surface area contributed by atoms with Gasteiger partial charge in [0.15, 0.2) is 0 Å². The molecule has 2 saturated carbocycles. The summed E-state index contributed by atoms with van der Waals surface area (Å²) in [5.74, 6) is 2.21. The highest BCUT2D eigenvalue weighted by Gasteiger charge is 2.48. The lowest BCUT2D eigenvalue weighted by Crippen LogP contribution is -2.32. The normalized spacial score (nSPS) is 33.2. The fourth-order valence-corrected chi connectivity index (χ4v) is 2.84. The standard InChI is InChI=1S/C12H17N3O/c1-7(11-5-13-14-6-11)15-12(16)10-3-8-2-9(8)4-10/h5-10H,2-4H2,1H3,(H,13,14)(H,15,16). The predicted octanol–water partition coefficient (Wildman–Crippen LogP) is 1.63. The second kappa shape index (κ2) is 3.61. The summed E-state index contributed by atoms with van der Waals surface area (Å²) in [5, 5.41) is 9.72. The predicted molar refractivity (Wildman–Crippen MR) is 59.5 cm³/mol. The minimum Gasteiger partial charge on any atom is -0.349 e. The number of amides is 1. The van der Waals surface area contributed by atoms with Gasteiger partial charge in [0.1, 0.15) is 0 Å². The number of hydrogen-bond donors (Lipinski definition) is 2. The third-order valence-electron chi connectivity index (χ3n) is 3.99. The zero-order valence-electron chi connectivity index (χ0n) is 9.44. The van der Waals surface area contributed by atoms with Crippen LogP contribution in [-0.4, -0.2) is 16.1 Å². The monoisotopic (exact) mass is 219 g/mol. The van der Waals surface area contributed by atoms with Crippen LogP contribution in [0.5, 0.6) is 0 Å². The number of aromatic nitrogens is 2. The van der Waals surface area contributed by atoms with E-state index < -0.39 is 0 Å². The van der Waals surface area contributed by atoms with Crippen LogP contribution in [0.15, 0.2) is 12.4 Å². The molecular weight excluding hydrogens is 202 g/mol. The maximum atomic E-state index is 12.0. The van der Waals surface area contributed by atoms with Gasteiger partial charge < -0.3 is 5.32 Å². The van der Waals surface area contributed by atoms with Gasteiger partial charge in [0.05, 0.1) is 12.2 Å². The molecule has 3 rings (SSSR count). The molecule has 0 aliphatic heterocycles. The smallest absolute Gasteiger partial charge is 0.223 e. The molecule has 2 aliphatic carbocycles. The Morgan fingerprint density at radius 3 is 2.88 bits per heavy atom. The van der Waals surface area contributed by atoms with E-state index in [0.717, 1.165) is 30.2 Å². The van der Waals surface area contributed by atoms with Crippen LogP contribution in [-0.2, 0) is 4.79 Å². The lowest BCUT2D eigenvalue weighted by Gasteiger charge is -2.16. The molecule has 3 atom stereocenters. The van der Waals surface area contributed by atoms with Crippen molar-refractivity contribution < 1.29 is 4.79 Å². The minimum absolute atomic E-state index is 0.0585. The number of rotatable bonds is 3. The Balaban J connectivity index is 1.56. The SMILES string of the molecule is CC(NC(=O)C1CC2CC2C1)c1cn[nH]c1. The Hall–Kier alpha value is -1.32. The van der Waals surface area contributed by atoms with E-state index in [1.165, 1.54) is 6.42 Å². The van der Waals surface area contributed by atoms with Crippen molar-refractivity contribution in [3.63, 3.8) is 0 Å². The zero-order chi connectivity index (χ0) is 11.1. The van der Waals surface area contributed by atoms with Gasteiger partial charge in [-0.3, -0.25) is 9.89 Å². The van der Waals surface area contributed by atoms with Crippen molar-refractivity contribution in [2.24, 2.45) is 17.8 Å². The van der Waals surface area contributed by atoms with E-state index in [4.69, 9.17) is 0 Å². The van der Waals surface area contributed by atoms with E-state index in [-0.39, 0.29) is 17.9 Å². The number of nitrogens with zero attached hydrogens (tertiary/aromatic N) is 1. The first-order chi connectivity index (χ1) is 7.74. The molecule has 1 aromatic rings. The summed E-state index contributed by atoms with van der Waals surface area (Å²) in [6.07, 6.45) is 7.17. The van der Waals surface area contributed by atoms with Crippen molar-refractivity contribution in [2.75, 3.05) is 0 Å². The molecule has 0 saturated heterocycles. The van der Waals surface area contributed by atoms with Crippen LogP contribution in [0.4, 0.5) is 0 Å². The minimum atomic E-state index is 0.0585. The molecule has 1 heterocycles. The highest BCUT2D eigenvalue weighted by Crippen LogP contribution is 2.54. The average Bonchev–Trinajstić information content (AvgIpc) is 2.77. The fourth-order valence-electron chi connectivity index (χ4n) is 2.84. The van der Waals surface area contributed by atoms with E-state index in [1.807, 2.05) is 13.1 Å². The Morgan fingerprint density at radius 1 is 1.50 bits per heavy atom. The van der Waals surface area contributed by atoms with E-state index in [0.29, 0.717) is 0 Å². The van der Waals surface area contributed by atoms with E-state index in [2.05, 4.69) is 15.5 Å². The zero-order valence-corrected chi connectivity index (χ0v) is 9.44. The van der Waals surface area contributed by atoms with Gasteiger partial charge in [-0.15, -0.1) is 0 Å². The number of carbonyl (C=O) groups is 1. The summed E-state index contributed by atoms with van der Waals surface area (Å²) in [4.78, 5) is 12.0. The molecule has 86 valence electrons. The summed E-state index contributed by atoms with van der Waals surface area (Å²) in [6, 6.07) is 0.0585. The third kappa shape index (κ3) is 1.72. The number of aromatic amines is 1. The highest BCUT2D eigenvalue weighted by molar-refractivity contribution is 5.79. The van der Waals surface area contributed by atoms with Gasteiger partial charge in [0.2, 0.25) is 5.91 Å². The van der Waals surface area contributed by atoms with Crippen molar-refractivity contribution in [3.8, 4) is 0 Å². The van der Waals surface area contributed by atoms with Gasteiger partial charge in [-0.1, -0.05) is 0 Å². The van der Waals surface area contributed by atoms with Crippen molar-refractivity contribution in [1.29, 1.82) is 0 Å². The molecule has 0 aromatic carbocycles. The Kier molecular flexibility index (Phi) is 2.23. The van der Waals surface area contributed by atoms with Gasteiger partial charge in [-0.05, 0) is 38.0 Å². The van der Waals surface area contributed by atoms with Crippen LogP contribution >= 0.6 is 0 Å². The van der Waals surface area contributed by atoms with Crippen LogP contribution in [0.25, 0.3) is 0 Å². The Bertz CT molecular complexity index is 377. The number of hydrogen-bond acceptors (Lipinski definition) is 2. The van der Waals surface area contributed by atoms with Crippen molar-refractivity contribution in [2.45, 2.75) is 32.2 Å². The molecule has 0 spiro atoms. The fraction of sp³-hybridized carbons (Fsp3) is 0.667. The van der Waals surface area contributed by atoms with E-state index in [9.17, 15) is 4.79 Å². The summed E-state index contributed by atoms with van der Waals surface area (Å²) in [6.45, 7) is 2.00. The van der Waals surface area contributed by atoms with Gasteiger partial charge in [-0.2, -0.15) is 5.10 Å². The van der Waals surface area contributed by atoms with Crippen LogP contribution in [0.2, 0.25) is 0 Å². The van der Waals surface area contributed by atoms with Gasteiger partial charge in [0, 0.05) is 17.7 Å². The molecule has 2 aliphatic rings. The van der Waals surface area contributed by atoms with Crippen LogP contribution < -0.4 is 5.32 Å². The van der Waals surface area contributed by atoms with Gasteiger partial charge in [0.25, 0.3) is 0 Å². The second-order valence-electron chi connectivity index (χ2n) is 5.19.